The number of fused-ring (bicyclic) bond motifs is 1. The van der Waals surface area contributed by atoms with Crippen LogP contribution in [0.5, 0.6) is 11.5 Å². The summed E-state index contributed by atoms with van der Waals surface area (Å²) < 4.78 is 10.5. The van der Waals surface area contributed by atoms with E-state index in [0.717, 1.165) is 11.1 Å². The number of ether oxygens (including phenoxy) is 2. The summed E-state index contributed by atoms with van der Waals surface area (Å²) in [5.74, 6) is 0.737. The molecule has 4 rings (SSSR count). The number of rotatable bonds is 7. The summed E-state index contributed by atoms with van der Waals surface area (Å²) >= 11 is 6.19. The number of nitrogens with one attached hydrogen (secondary N) is 1. The second kappa shape index (κ2) is 10.1. The van der Waals surface area contributed by atoms with Crippen molar-refractivity contribution in [2.45, 2.75) is 0 Å². The van der Waals surface area contributed by atoms with Crippen LogP contribution in [0.3, 0.4) is 0 Å². The minimum absolute atomic E-state index is 0.0382. The molecule has 1 aromatic heterocycles. The molecule has 178 valence electrons. The molecule has 0 saturated carbocycles. The Labute approximate surface area is 201 Å². The van der Waals surface area contributed by atoms with E-state index in [2.05, 4.69) is 20.1 Å². The monoisotopic (exact) mass is 485 g/mol. The molecule has 0 unspecified atom stereocenters. The number of benzene rings is 2. The maximum atomic E-state index is 12.7. The zero-order valence-electron chi connectivity index (χ0n) is 18.8. The van der Waals surface area contributed by atoms with E-state index < -0.39 is 4.92 Å². The first-order valence-corrected chi connectivity index (χ1v) is 11.0. The first-order chi connectivity index (χ1) is 16.4. The number of anilines is 2. The number of piperazine rings is 1. The van der Waals surface area contributed by atoms with Gasteiger partial charge in [0.2, 0.25) is 5.91 Å². The molecule has 1 N–H and O–H groups in total. The summed E-state index contributed by atoms with van der Waals surface area (Å²) in [6.45, 7) is 2.90. The average Bonchev–Trinajstić information content (AvgIpc) is 2.84. The maximum absolute atomic E-state index is 12.7. The number of hydrogen-bond donors (Lipinski definition) is 1. The number of amides is 1. The van der Waals surface area contributed by atoms with E-state index in [1.54, 1.807) is 30.5 Å². The quantitative estimate of drug-likeness (QED) is 0.399. The van der Waals surface area contributed by atoms with E-state index >= 15 is 0 Å². The van der Waals surface area contributed by atoms with Gasteiger partial charge in [0.15, 0.2) is 0 Å². The Hall–Kier alpha value is -3.63. The molecule has 1 aliphatic rings. The van der Waals surface area contributed by atoms with Crippen LogP contribution in [-0.4, -0.2) is 67.7 Å². The molecule has 0 spiro atoms. The fourth-order valence-electron chi connectivity index (χ4n) is 4.09. The summed E-state index contributed by atoms with van der Waals surface area (Å²) in [6, 6.07) is 8.32. The van der Waals surface area contributed by atoms with Crippen molar-refractivity contribution >= 4 is 45.3 Å². The van der Waals surface area contributed by atoms with Crippen LogP contribution < -0.4 is 19.7 Å². The fourth-order valence-corrected chi connectivity index (χ4v) is 4.33. The molecule has 2 heterocycles. The number of methoxy groups -OCH3 is 2. The molecular weight excluding hydrogens is 462 g/mol. The summed E-state index contributed by atoms with van der Waals surface area (Å²) in [4.78, 5) is 31.9. The molecule has 1 aliphatic heterocycles. The Kier molecular flexibility index (Phi) is 6.99. The molecule has 0 aliphatic carbocycles. The molecule has 0 bridgehead atoms. The SMILES string of the molecule is COc1cc(OC)c(NC(=O)CN2CCN(c3ccc([N+](=O)[O-])c4cnccc34)CC2)cc1Cl. The van der Waals surface area contributed by atoms with Crippen molar-refractivity contribution in [2.24, 2.45) is 0 Å². The van der Waals surface area contributed by atoms with Crippen LogP contribution in [0.4, 0.5) is 17.1 Å². The average molecular weight is 486 g/mol. The van der Waals surface area contributed by atoms with Gasteiger partial charge in [0.25, 0.3) is 5.69 Å². The molecule has 2 aromatic carbocycles. The third-order valence-electron chi connectivity index (χ3n) is 5.80. The van der Waals surface area contributed by atoms with Gasteiger partial charge in [-0.1, -0.05) is 11.6 Å². The Morgan fingerprint density at radius 3 is 2.53 bits per heavy atom. The van der Waals surface area contributed by atoms with Gasteiger partial charge in [0, 0.05) is 61.8 Å². The number of nitrogens with zero attached hydrogens (tertiary/aromatic N) is 4. The summed E-state index contributed by atoms with van der Waals surface area (Å²) in [7, 11) is 3.02. The predicted molar refractivity (Wildman–Crippen MR) is 130 cm³/mol. The van der Waals surface area contributed by atoms with Crippen LogP contribution in [-0.2, 0) is 4.79 Å². The van der Waals surface area contributed by atoms with Crippen molar-refractivity contribution in [1.29, 1.82) is 0 Å². The highest BCUT2D eigenvalue weighted by Crippen LogP contribution is 2.36. The number of aromatic nitrogens is 1. The Morgan fingerprint density at radius 2 is 1.85 bits per heavy atom. The van der Waals surface area contributed by atoms with Gasteiger partial charge >= 0.3 is 0 Å². The first-order valence-electron chi connectivity index (χ1n) is 10.6. The van der Waals surface area contributed by atoms with Gasteiger partial charge in [-0.2, -0.15) is 0 Å². The standard InChI is InChI=1S/C23H24ClN5O5/c1-33-21-12-22(34-2)18(11-17(21)24)26-23(30)14-27-7-9-28(10-8-27)19-3-4-20(29(31)32)16-13-25-6-5-15(16)19/h3-6,11-13H,7-10,14H2,1-2H3,(H,26,30). The third-order valence-corrected chi connectivity index (χ3v) is 6.09. The van der Waals surface area contributed by atoms with Crippen molar-refractivity contribution in [3.8, 4) is 11.5 Å². The highest BCUT2D eigenvalue weighted by atomic mass is 35.5. The highest BCUT2D eigenvalue weighted by Gasteiger charge is 2.23. The molecular formula is C23H24ClN5O5. The number of carbonyl (C=O) groups excluding carboxylic acids is 1. The van der Waals surface area contributed by atoms with Gasteiger partial charge < -0.3 is 19.7 Å². The zero-order chi connectivity index (χ0) is 24.2. The van der Waals surface area contributed by atoms with Crippen LogP contribution in [0.1, 0.15) is 0 Å². The van der Waals surface area contributed by atoms with Crippen molar-refractivity contribution < 1.29 is 19.2 Å². The Balaban J connectivity index is 1.41. The molecule has 1 amide bonds. The van der Waals surface area contributed by atoms with Crippen LogP contribution in [0, 0.1) is 10.1 Å². The van der Waals surface area contributed by atoms with E-state index in [1.165, 1.54) is 26.5 Å². The lowest BCUT2D eigenvalue weighted by atomic mass is 10.1. The van der Waals surface area contributed by atoms with Crippen molar-refractivity contribution in [3.63, 3.8) is 0 Å². The smallest absolute Gasteiger partial charge is 0.278 e. The van der Waals surface area contributed by atoms with E-state index in [1.807, 2.05) is 0 Å². The Bertz CT molecular complexity index is 1230. The normalized spacial score (nSPS) is 14.1. The van der Waals surface area contributed by atoms with Gasteiger partial charge in [-0.05, 0) is 18.2 Å². The highest BCUT2D eigenvalue weighted by molar-refractivity contribution is 6.32. The van der Waals surface area contributed by atoms with Crippen LogP contribution in [0.15, 0.2) is 42.7 Å². The van der Waals surface area contributed by atoms with E-state index in [0.29, 0.717) is 53.8 Å². The number of nitro benzene ring substituents is 1. The molecule has 0 radical (unpaired) electrons. The maximum Gasteiger partial charge on any atom is 0.278 e. The van der Waals surface area contributed by atoms with E-state index in [-0.39, 0.29) is 18.1 Å². The summed E-state index contributed by atoms with van der Waals surface area (Å²) in [6.07, 6.45) is 3.16. The van der Waals surface area contributed by atoms with Crippen molar-refractivity contribution in [2.75, 3.05) is 57.2 Å². The lowest BCUT2D eigenvalue weighted by molar-refractivity contribution is -0.383. The molecule has 11 heteroatoms. The molecule has 3 aromatic rings. The van der Waals surface area contributed by atoms with Gasteiger partial charge in [-0.3, -0.25) is 24.8 Å². The van der Waals surface area contributed by atoms with Gasteiger partial charge in [0.05, 0.1) is 41.8 Å². The largest absolute Gasteiger partial charge is 0.495 e. The topological polar surface area (TPSA) is 110 Å². The summed E-state index contributed by atoms with van der Waals surface area (Å²) in [5, 5.41) is 15.9. The van der Waals surface area contributed by atoms with Gasteiger partial charge in [-0.15, -0.1) is 0 Å². The van der Waals surface area contributed by atoms with Gasteiger partial charge in [-0.25, -0.2) is 0 Å². The number of hydrogen-bond acceptors (Lipinski definition) is 8. The molecule has 0 atom stereocenters. The number of halogens is 1. The second-order valence-electron chi connectivity index (χ2n) is 7.78. The zero-order valence-corrected chi connectivity index (χ0v) is 19.5. The molecule has 34 heavy (non-hydrogen) atoms. The fraction of sp³-hybridized carbons (Fsp3) is 0.304. The van der Waals surface area contributed by atoms with Crippen molar-refractivity contribution in [3.05, 3.63) is 57.9 Å². The first kappa shape index (κ1) is 23.5. The number of pyridine rings is 1. The lowest BCUT2D eigenvalue weighted by Crippen LogP contribution is -2.48. The predicted octanol–water partition coefficient (Wildman–Crippen LogP) is 3.57. The van der Waals surface area contributed by atoms with E-state index in [4.69, 9.17) is 21.1 Å². The number of carbonyl (C=O) groups is 1. The second-order valence-corrected chi connectivity index (χ2v) is 8.19. The minimum Gasteiger partial charge on any atom is -0.495 e. The third kappa shape index (κ3) is 4.82. The summed E-state index contributed by atoms with van der Waals surface area (Å²) in [5.41, 5.74) is 1.43. The van der Waals surface area contributed by atoms with Crippen LogP contribution in [0.25, 0.3) is 10.8 Å². The van der Waals surface area contributed by atoms with Crippen molar-refractivity contribution in [1.82, 2.24) is 9.88 Å². The van der Waals surface area contributed by atoms with Crippen LogP contribution in [0.2, 0.25) is 5.02 Å². The molecule has 1 fully saturated rings. The molecule has 1 saturated heterocycles. The number of non-ortho nitro benzene ring substituents is 1. The van der Waals surface area contributed by atoms with Gasteiger partial charge in [0.1, 0.15) is 11.5 Å². The van der Waals surface area contributed by atoms with E-state index in [9.17, 15) is 14.9 Å². The number of nitro groups is 1. The van der Waals surface area contributed by atoms with Crippen LogP contribution >= 0.6 is 11.6 Å². The minimum atomic E-state index is -0.394. The molecule has 10 nitrogen and oxygen atoms in total. The lowest BCUT2D eigenvalue weighted by Gasteiger charge is -2.36. The Morgan fingerprint density at radius 1 is 1.12 bits per heavy atom.